The van der Waals surface area contributed by atoms with Crippen molar-refractivity contribution >= 4 is 11.8 Å². The van der Waals surface area contributed by atoms with E-state index < -0.39 is 18.0 Å². The molecule has 1 fully saturated rings. The molecular formula is C15H21F3N6O2. The Morgan fingerprint density at radius 1 is 1.19 bits per heavy atom. The summed E-state index contributed by atoms with van der Waals surface area (Å²) in [5.74, 6) is -1.15. The van der Waals surface area contributed by atoms with Gasteiger partial charge in [-0.25, -0.2) is 0 Å². The lowest BCUT2D eigenvalue weighted by Crippen LogP contribution is -2.47. The molecule has 11 heteroatoms. The molecule has 2 amide bonds. The molecule has 1 saturated heterocycles. The van der Waals surface area contributed by atoms with Crippen molar-refractivity contribution in [1.82, 2.24) is 24.6 Å². The zero-order chi connectivity index (χ0) is 18.9. The number of hydrogen-bond donors (Lipinski definition) is 1. The summed E-state index contributed by atoms with van der Waals surface area (Å²) in [6, 6.07) is -0.505. The van der Waals surface area contributed by atoms with Crippen LogP contribution in [0.15, 0.2) is 0 Å². The number of halogens is 3. The molecule has 3 heterocycles. The molecule has 2 N–H and O–H groups in total. The lowest BCUT2D eigenvalue weighted by atomic mass is 10.1. The third kappa shape index (κ3) is 3.97. The maximum atomic E-state index is 12.8. The quantitative estimate of drug-likeness (QED) is 0.821. The fourth-order valence-corrected chi connectivity index (χ4v) is 3.34. The van der Waals surface area contributed by atoms with E-state index in [0.29, 0.717) is 19.5 Å². The number of alkyl halides is 3. The molecule has 144 valence electrons. The van der Waals surface area contributed by atoms with Crippen molar-refractivity contribution in [2.24, 2.45) is 5.73 Å². The highest BCUT2D eigenvalue weighted by Gasteiger charge is 2.40. The molecule has 8 nitrogen and oxygen atoms in total. The van der Waals surface area contributed by atoms with Gasteiger partial charge in [0.05, 0.1) is 6.54 Å². The number of nitrogens with two attached hydrogens (primary N) is 1. The van der Waals surface area contributed by atoms with Crippen LogP contribution >= 0.6 is 0 Å². The highest BCUT2D eigenvalue weighted by atomic mass is 19.4. The zero-order valence-electron chi connectivity index (χ0n) is 14.2. The predicted octanol–water partition coefficient (Wildman–Crippen LogP) is 0.369. The Morgan fingerprint density at radius 2 is 1.96 bits per heavy atom. The van der Waals surface area contributed by atoms with Gasteiger partial charge < -0.3 is 20.1 Å². The van der Waals surface area contributed by atoms with E-state index in [4.69, 9.17) is 5.73 Å². The van der Waals surface area contributed by atoms with Crippen LogP contribution in [0.3, 0.4) is 0 Å². The Balaban J connectivity index is 1.56. The number of piperidine rings is 1. The first-order chi connectivity index (χ1) is 12.3. The number of aromatic nitrogens is 3. The summed E-state index contributed by atoms with van der Waals surface area (Å²) in [5.41, 5.74) is 6.01. The molecule has 1 atom stereocenters. The van der Waals surface area contributed by atoms with E-state index in [2.05, 4.69) is 10.2 Å². The summed E-state index contributed by atoms with van der Waals surface area (Å²) in [7, 11) is 0. The van der Waals surface area contributed by atoms with Crippen molar-refractivity contribution in [3.63, 3.8) is 0 Å². The van der Waals surface area contributed by atoms with Gasteiger partial charge in [0.2, 0.25) is 17.6 Å². The fourth-order valence-electron chi connectivity index (χ4n) is 3.34. The molecule has 3 rings (SSSR count). The third-order valence-electron chi connectivity index (χ3n) is 4.67. The third-order valence-corrected chi connectivity index (χ3v) is 4.67. The van der Waals surface area contributed by atoms with Crippen molar-refractivity contribution in [3.05, 3.63) is 11.6 Å². The van der Waals surface area contributed by atoms with E-state index in [-0.39, 0.29) is 43.7 Å². The lowest BCUT2D eigenvalue weighted by molar-refractivity contribution is -0.148. The monoisotopic (exact) mass is 374 g/mol. The second-order valence-corrected chi connectivity index (χ2v) is 6.67. The summed E-state index contributed by atoms with van der Waals surface area (Å²) < 4.78 is 39.5. The molecule has 26 heavy (non-hydrogen) atoms. The molecule has 2 aliphatic heterocycles. The van der Waals surface area contributed by atoms with Gasteiger partial charge in [-0.15, -0.1) is 10.2 Å². The Kier molecular flexibility index (Phi) is 5.17. The second-order valence-electron chi connectivity index (χ2n) is 6.67. The number of nitrogens with zero attached hydrogens (tertiary/aromatic N) is 5. The highest BCUT2D eigenvalue weighted by molar-refractivity contribution is 5.78. The van der Waals surface area contributed by atoms with Crippen LogP contribution in [-0.4, -0.2) is 62.1 Å². The molecule has 0 unspecified atom stereocenters. The molecule has 0 aliphatic carbocycles. The number of hydrogen-bond acceptors (Lipinski definition) is 5. The molecule has 0 saturated carbocycles. The average Bonchev–Trinajstić information content (AvgIpc) is 3.00. The molecule has 0 radical (unpaired) electrons. The topological polar surface area (TPSA) is 97.3 Å². The number of rotatable bonds is 4. The van der Waals surface area contributed by atoms with Gasteiger partial charge in [0.1, 0.15) is 0 Å². The largest absolute Gasteiger partial charge is 0.451 e. The Labute approximate surface area is 148 Å². The van der Waals surface area contributed by atoms with Gasteiger partial charge in [-0.2, -0.15) is 13.2 Å². The lowest BCUT2D eigenvalue weighted by Gasteiger charge is -2.31. The van der Waals surface area contributed by atoms with E-state index in [0.717, 1.165) is 17.4 Å². The number of amides is 2. The zero-order valence-corrected chi connectivity index (χ0v) is 14.2. The minimum atomic E-state index is -4.57. The molecule has 1 aromatic heterocycles. The Hall–Kier alpha value is -2.17. The first kappa shape index (κ1) is 18.6. The van der Waals surface area contributed by atoms with Gasteiger partial charge in [-0.3, -0.25) is 9.59 Å². The minimum absolute atomic E-state index is 0.0111. The first-order valence-electron chi connectivity index (χ1n) is 8.56. The van der Waals surface area contributed by atoms with E-state index in [1.807, 2.05) is 0 Å². The Bertz CT molecular complexity index is 689. The molecule has 0 spiro atoms. The maximum Gasteiger partial charge on any atom is 0.451 e. The highest BCUT2D eigenvalue weighted by Crippen LogP contribution is 2.29. The number of likely N-dealkylation sites (tertiary alicyclic amines) is 1. The van der Waals surface area contributed by atoms with Gasteiger partial charge in [-0.05, 0) is 12.8 Å². The predicted molar refractivity (Wildman–Crippen MR) is 83.5 cm³/mol. The van der Waals surface area contributed by atoms with Crippen molar-refractivity contribution in [1.29, 1.82) is 0 Å². The van der Waals surface area contributed by atoms with Crippen LogP contribution < -0.4 is 5.73 Å². The van der Waals surface area contributed by atoms with E-state index >= 15 is 0 Å². The summed E-state index contributed by atoms with van der Waals surface area (Å²) >= 11 is 0. The maximum absolute atomic E-state index is 12.8. The van der Waals surface area contributed by atoms with Crippen LogP contribution in [-0.2, 0) is 28.9 Å². The van der Waals surface area contributed by atoms with Crippen molar-refractivity contribution < 1.29 is 22.8 Å². The van der Waals surface area contributed by atoms with Crippen molar-refractivity contribution in [3.8, 4) is 0 Å². The summed E-state index contributed by atoms with van der Waals surface area (Å²) in [4.78, 5) is 27.3. The second kappa shape index (κ2) is 7.22. The molecular weight excluding hydrogens is 353 g/mol. The normalized spacial score (nSPS) is 19.5. The van der Waals surface area contributed by atoms with Crippen LogP contribution in [0.5, 0.6) is 0 Å². The van der Waals surface area contributed by atoms with Crippen LogP contribution in [0, 0.1) is 0 Å². The average molecular weight is 374 g/mol. The van der Waals surface area contributed by atoms with E-state index in [9.17, 15) is 22.8 Å². The molecule has 1 aromatic rings. The first-order valence-corrected chi connectivity index (χ1v) is 8.56. The Morgan fingerprint density at radius 3 is 2.65 bits per heavy atom. The van der Waals surface area contributed by atoms with Gasteiger partial charge in [0, 0.05) is 45.1 Å². The summed E-state index contributed by atoms with van der Waals surface area (Å²) in [6.07, 6.45) is -2.23. The van der Waals surface area contributed by atoms with E-state index in [1.54, 1.807) is 4.90 Å². The fraction of sp³-hybridized carbons (Fsp3) is 0.733. The van der Waals surface area contributed by atoms with Crippen LogP contribution in [0.25, 0.3) is 0 Å². The minimum Gasteiger partial charge on any atom is -0.341 e. The summed E-state index contributed by atoms with van der Waals surface area (Å²) in [5, 5.41) is 6.74. The van der Waals surface area contributed by atoms with Crippen LogP contribution in [0.4, 0.5) is 13.2 Å². The van der Waals surface area contributed by atoms with Gasteiger partial charge in [0.15, 0.2) is 5.82 Å². The molecule has 2 aliphatic rings. The molecule has 0 aromatic carbocycles. The number of fused-ring (bicyclic) bond motifs is 1. The smallest absolute Gasteiger partial charge is 0.341 e. The standard InChI is InChI=1S/C15H21F3N6O2/c16-15(17,18)14-21-20-11-9-23(5-6-24(11)14)13(26)7-10(19)8-22-4-2-1-3-12(22)25/h10H,1-9,19H2/t10-/m0/s1. The van der Waals surface area contributed by atoms with Crippen molar-refractivity contribution in [2.75, 3.05) is 19.6 Å². The van der Waals surface area contributed by atoms with Gasteiger partial charge in [-0.1, -0.05) is 0 Å². The summed E-state index contributed by atoms with van der Waals surface area (Å²) in [6.45, 7) is 1.06. The SMILES string of the molecule is N[C@@H](CC(=O)N1CCn2c(nnc2C(F)(F)F)C1)CN1CCCCC1=O. The van der Waals surface area contributed by atoms with Crippen LogP contribution in [0.1, 0.15) is 37.3 Å². The van der Waals surface area contributed by atoms with Crippen molar-refractivity contribution in [2.45, 2.75) is 51.0 Å². The number of carbonyl (C=O) groups is 2. The van der Waals surface area contributed by atoms with Gasteiger partial charge in [0.25, 0.3) is 0 Å². The van der Waals surface area contributed by atoms with E-state index in [1.165, 1.54) is 4.90 Å². The van der Waals surface area contributed by atoms with Gasteiger partial charge >= 0.3 is 6.18 Å². The number of carbonyl (C=O) groups excluding carboxylic acids is 2. The van der Waals surface area contributed by atoms with Crippen LogP contribution in [0.2, 0.25) is 0 Å². The molecule has 0 bridgehead atoms.